The van der Waals surface area contributed by atoms with Gasteiger partial charge in [0, 0.05) is 0 Å². The zero-order valence-electron chi connectivity index (χ0n) is 7.06. The third-order valence-electron chi connectivity index (χ3n) is 1.26. The smallest absolute Gasteiger partial charge is 0.301 e. The molecule has 1 amide bonds. The van der Waals surface area contributed by atoms with Gasteiger partial charge in [0.15, 0.2) is 5.13 Å². The molecule has 1 heterocycles. The van der Waals surface area contributed by atoms with E-state index in [1.807, 2.05) is 0 Å². The van der Waals surface area contributed by atoms with Gasteiger partial charge in [0.1, 0.15) is 6.20 Å². The Kier molecular flexibility index (Phi) is 3.53. The SMILES string of the molecule is CC(Br)C(=O)Nc1ncc([N+](=O)[O-])s1. The average molecular weight is 280 g/mol. The molecule has 0 aliphatic carbocycles. The van der Waals surface area contributed by atoms with E-state index in [2.05, 4.69) is 26.2 Å². The number of anilines is 1. The molecule has 1 atom stereocenters. The van der Waals surface area contributed by atoms with Crippen LogP contribution < -0.4 is 5.32 Å². The monoisotopic (exact) mass is 279 g/mol. The Hall–Kier alpha value is -1.02. The van der Waals surface area contributed by atoms with Gasteiger partial charge < -0.3 is 5.32 Å². The number of nitrogens with one attached hydrogen (secondary N) is 1. The van der Waals surface area contributed by atoms with Gasteiger partial charge in [-0.2, -0.15) is 0 Å². The van der Waals surface area contributed by atoms with Crippen LogP contribution in [0.3, 0.4) is 0 Å². The Bertz CT molecular complexity index is 365. The molecule has 1 aromatic rings. The lowest BCUT2D eigenvalue weighted by molar-refractivity contribution is -0.380. The minimum absolute atomic E-state index is 0.0949. The lowest BCUT2D eigenvalue weighted by Crippen LogP contribution is -2.19. The summed E-state index contributed by atoms with van der Waals surface area (Å²) in [5.41, 5.74) is 0. The number of aromatic nitrogens is 1. The van der Waals surface area contributed by atoms with E-state index in [0.29, 0.717) is 0 Å². The molecule has 0 fully saturated rings. The lowest BCUT2D eigenvalue weighted by Gasteiger charge is -2.00. The summed E-state index contributed by atoms with van der Waals surface area (Å²) in [7, 11) is 0. The molecule has 0 saturated carbocycles. The molecule has 0 saturated heterocycles. The number of nitrogens with zero attached hydrogens (tertiary/aromatic N) is 2. The molecule has 1 N–H and O–H groups in total. The van der Waals surface area contributed by atoms with Crippen molar-refractivity contribution in [3.63, 3.8) is 0 Å². The number of hydrogen-bond donors (Lipinski definition) is 1. The number of thiazole rings is 1. The highest BCUT2D eigenvalue weighted by Gasteiger charge is 2.15. The van der Waals surface area contributed by atoms with Crippen molar-refractivity contribution >= 4 is 43.3 Å². The maximum absolute atomic E-state index is 11.1. The van der Waals surface area contributed by atoms with Crippen molar-refractivity contribution in [2.24, 2.45) is 0 Å². The normalized spacial score (nSPS) is 12.1. The van der Waals surface area contributed by atoms with Crippen molar-refractivity contribution in [1.82, 2.24) is 4.98 Å². The first-order valence-electron chi connectivity index (χ1n) is 3.56. The second-order valence-electron chi connectivity index (χ2n) is 2.37. The van der Waals surface area contributed by atoms with Crippen LogP contribution in [0.1, 0.15) is 6.92 Å². The summed E-state index contributed by atoms with van der Waals surface area (Å²) in [6.07, 6.45) is 1.11. The molecular formula is C6H6BrN3O3S. The number of nitro groups is 1. The predicted octanol–water partition coefficient (Wildman–Crippen LogP) is 1.77. The predicted molar refractivity (Wildman–Crippen MR) is 55.8 cm³/mol. The van der Waals surface area contributed by atoms with Gasteiger partial charge in [0.05, 0.1) is 9.75 Å². The Labute approximate surface area is 91.6 Å². The van der Waals surface area contributed by atoms with Crippen LogP contribution in [0.25, 0.3) is 0 Å². The van der Waals surface area contributed by atoms with Crippen LogP contribution in [0.4, 0.5) is 10.1 Å². The van der Waals surface area contributed by atoms with Gasteiger partial charge in [-0.15, -0.1) is 0 Å². The molecule has 1 aromatic heterocycles. The van der Waals surface area contributed by atoms with E-state index < -0.39 is 4.92 Å². The van der Waals surface area contributed by atoms with Crippen LogP contribution in [-0.2, 0) is 4.79 Å². The second-order valence-corrected chi connectivity index (χ2v) is 4.75. The molecule has 6 nitrogen and oxygen atoms in total. The number of rotatable bonds is 3. The van der Waals surface area contributed by atoms with Gasteiger partial charge in [-0.1, -0.05) is 15.9 Å². The largest absolute Gasteiger partial charge is 0.345 e. The van der Waals surface area contributed by atoms with E-state index in [9.17, 15) is 14.9 Å². The highest BCUT2D eigenvalue weighted by atomic mass is 79.9. The molecule has 0 bridgehead atoms. The first-order valence-corrected chi connectivity index (χ1v) is 5.29. The van der Waals surface area contributed by atoms with Gasteiger partial charge in [0.25, 0.3) is 0 Å². The third-order valence-corrected chi connectivity index (χ3v) is 2.55. The molecule has 8 heteroatoms. The van der Waals surface area contributed by atoms with Crippen LogP contribution in [-0.4, -0.2) is 20.6 Å². The number of carbonyl (C=O) groups excluding carboxylic acids is 1. The van der Waals surface area contributed by atoms with E-state index in [0.717, 1.165) is 17.5 Å². The standard InChI is InChI=1S/C6H6BrN3O3S/c1-3(7)5(11)9-6-8-2-4(14-6)10(12)13/h2-3H,1H3,(H,8,9,11). The molecule has 0 aliphatic heterocycles. The zero-order chi connectivity index (χ0) is 10.7. The number of amides is 1. The maximum atomic E-state index is 11.1. The van der Waals surface area contributed by atoms with Gasteiger partial charge >= 0.3 is 5.00 Å². The highest BCUT2D eigenvalue weighted by molar-refractivity contribution is 9.10. The quantitative estimate of drug-likeness (QED) is 0.519. The van der Waals surface area contributed by atoms with Crippen molar-refractivity contribution in [3.8, 4) is 0 Å². The summed E-state index contributed by atoms with van der Waals surface area (Å²) >= 11 is 3.89. The fraction of sp³-hybridized carbons (Fsp3) is 0.333. The van der Waals surface area contributed by atoms with Crippen LogP contribution in [0.2, 0.25) is 0 Å². The Balaban J connectivity index is 2.69. The van der Waals surface area contributed by atoms with E-state index in [-0.39, 0.29) is 20.9 Å². The molecule has 0 aromatic carbocycles. The van der Waals surface area contributed by atoms with Crippen molar-refractivity contribution in [1.29, 1.82) is 0 Å². The van der Waals surface area contributed by atoms with Crippen molar-refractivity contribution in [2.75, 3.05) is 5.32 Å². The minimum atomic E-state index is -0.551. The zero-order valence-corrected chi connectivity index (χ0v) is 9.46. The fourth-order valence-electron chi connectivity index (χ4n) is 0.613. The van der Waals surface area contributed by atoms with Crippen LogP contribution in [0.5, 0.6) is 0 Å². The van der Waals surface area contributed by atoms with E-state index in [1.54, 1.807) is 6.92 Å². The summed E-state index contributed by atoms with van der Waals surface area (Å²) in [6, 6.07) is 0. The van der Waals surface area contributed by atoms with Gasteiger partial charge in [-0.25, -0.2) is 4.98 Å². The molecule has 1 rings (SSSR count). The fourth-order valence-corrected chi connectivity index (χ4v) is 1.36. The Morgan fingerprint density at radius 3 is 2.93 bits per heavy atom. The molecule has 0 radical (unpaired) electrons. The molecular weight excluding hydrogens is 274 g/mol. The highest BCUT2D eigenvalue weighted by Crippen LogP contribution is 2.25. The summed E-state index contributed by atoms with van der Waals surface area (Å²) in [4.78, 5) is 24.2. The Morgan fingerprint density at radius 1 is 1.86 bits per heavy atom. The van der Waals surface area contributed by atoms with Crippen molar-refractivity contribution in [3.05, 3.63) is 16.3 Å². The second kappa shape index (κ2) is 4.47. The number of carbonyl (C=O) groups is 1. The van der Waals surface area contributed by atoms with E-state index in [1.165, 1.54) is 0 Å². The molecule has 76 valence electrons. The number of alkyl halides is 1. The average Bonchev–Trinajstić information content (AvgIpc) is 2.52. The third kappa shape index (κ3) is 2.74. The maximum Gasteiger partial charge on any atom is 0.345 e. The summed E-state index contributed by atoms with van der Waals surface area (Å²) < 4.78 is 0. The van der Waals surface area contributed by atoms with Gasteiger partial charge in [-0.3, -0.25) is 14.9 Å². The summed E-state index contributed by atoms with van der Waals surface area (Å²) in [5.74, 6) is -0.283. The van der Waals surface area contributed by atoms with Crippen molar-refractivity contribution in [2.45, 2.75) is 11.8 Å². The first-order chi connectivity index (χ1) is 6.50. The number of halogens is 1. The topological polar surface area (TPSA) is 85.1 Å². The van der Waals surface area contributed by atoms with Crippen molar-refractivity contribution < 1.29 is 9.72 Å². The summed E-state index contributed by atoms with van der Waals surface area (Å²) in [5, 5.41) is 12.9. The number of hydrogen-bond acceptors (Lipinski definition) is 5. The molecule has 0 spiro atoms. The first kappa shape index (κ1) is 11.1. The van der Waals surface area contributed by atoms with Crippen LogP contribution in [0, 0.1) is 10.1 Å². The van der Waals surface area contributed by atoms with Crippen LogP contribution >= 0.6 is 27.3 Å². The van der Waals surface area contributed by atoms with Gasteiger partial charge in [0.2, 0.25) is 5.91 Å². The minimum Gasteiger partial charge on any atom is -0.301 e. The Morgan fingerprint density at radius 2 is 2.50 bits per heavy atom. The molecule has 1 unspecified atom stereocenters. The van der Waals surface area contributed by atoms with Gasteiger partial charge in [-0.05, 0) is 18.3 Å². The van der Waals surface area contributed by atoms with E-state index in [4.69, 9.17) is 0 Å². The van der Waals surface area contributed by atoms with Crippen LogP contribution in [0.15, 0.2) is 6.20 Å². The summed E-state index contributed by atoms with van der Waals surface area (Å²) in [6.45, 7) is 1.65. The van der Waals surface area contributed by atoms with E-state index >= 15 is 0 Å². The molecule has 0 aliphatic rings. The molecule has 14 heavy (non-hydrogen) atoms. The lowest BCUT2D eigenvalue weighted by atomic mass is 10.5.